The molecule has 0 aliphatic carbocycles. The Kier molecular flexibility index (Phi) is 5.19. The number of para-hydroxylation sites is 1. The van der Waals surface area contributed by atoms with Crippen LogP contribution >= 0.6 is 0 Å². The Morgan fingerprint density at radius 1 is 1.06 bits per heavy atom. The first kappa shape index (κ1) is 21.8. The van der Waals surface area contributed by atoms with Crippen molar-refractivity contribution in [2.45, 2.75) is 18.9 Å². The standard InChI is InChI=1S/C25H26N4O5/c1-25-23-17(16-7-5-6-8-18(16)27-23)9-10-28(25)21(30)14-29(24(25)31)26-13-15-11-19(32-2)22(34-4)20(12-15)33-3/h5-8,11-13,27H,9-10,14H2,1-4H3/t25-/m1/s1. The van der Waals surface area contributed by atoms with Crippen LogP contribution < -0.4 is 14.2 Å². The molecule has 0 bridgehead atoms. The quantitative estimate of drug-likeness (QED) is 0.588. The van der Waals surface area contributed by atoms with Crippen molar-refractivity contribution in [3.05, 3.63) is 53.2 Å². The predicted molar refractivity (Wildman–Crippen MR) is 126 cm³/mol. The van der Waals surface area contributed by atoms with Gasteiger partial charge >= 0.3 is 0 Å². The van der Waals surface area contributed by atoms with Gasteiger partial charge in [-0.2, -0.15) is 5.10 Å². The van der Waals surface area contributed by atoms with Crippen LogP contribution in [0.1, 0.15) is 23.7 Å². The maximum Gasteiger partial charge on any atom is 0.275 e. The average molecular weight is 463 g/mol. The van der Waals surface area contributed by atoms with Crippen molar-refractivity contribution < 1.29 is 23.8 Å². The van der Waals surface area contributed by atoms with Gasteiger partial charge in [-0.25, -0.2) is 5.01 Å². The van der Waals surface area contributed by atoms with E-state index < -0.39 is 5.54 Å². The molecule has 1 N–H and O–H groups in total. The number of carbonyl (C=O) groups excluding carboxylic acids is 2. The molecule has 2 aliphatic heterocycles. The number of nitrogens with one attached hydrogen (secondary N) is 1. The molecule has 3 heterocycles. The summed E-state index contributed by atoms with van der Waals surface area (Å²) in [5, 5.41) is 6.72. The topological polar surface area (TPSA) is 96.5 Å². The normalized spacial score (nSPS) is 20.0. The van der Waals surface area contributed by atoms with Crippen molar-refractivity contribution >= 4 is 28.9 Å². The van der Waals surface area contributed by atoms with E-state index in [9.17, 15) is 9.59 Å². The van der Waals surface area contributed by atoms with Gasteiger partial charge in [0.2, 0.25) is 11.7 Å². The monoisotopic (exact) mass is 462 g/mol. The summed E-state index contributed by atoms with van der Waals surface area (Å²) < 4.78 is 16.1. The molecule has 3 aromatic rings. The van der Waals surface area contributed by atoms with Gasteiger partial charge in [0.15, 0.2) is 17.0 Å². The number of ether oxygens (including phenoxy) is 3. The van der Waals surface area contributed by atoms with Gasteiger partial charge in [0.1, 0.15) is 6.54 Å². The van der Waals surface area contributed by atoms with Gasteiger partial charge in [0.05, 0.1) is 33.2 Å². The number of aromatic amines is 1. The first-order valence-electron chi connectivity index (χ1n) is 11.0. The van der Waals surface area contributed by atoms with Crippen molar-refractivity contribution in [2.24, 2.45) is 5.10 Å². The molecule has 2 aliphatic rings. The van der Waals surface area contributed by atoms with E-state index in [-0.39, 0.29) is 18.4 Å². The molecular formula is C25H26N4O5. The van der Waals surface area contributed by atoms with Crippen LogP contribution in [-0.2, 0) is 21.5 Å². The van der Waals surface area contributed by atoms with Crippen LogP contribution in [0.25, 0.3) is 10.9 Å². The van der Waals surface area contributed by atoms with Crippen LogP contribution in [0.5, 0.6) is 17.2 Å². The third-order valence-electron chi connectivity index (χ3n) is 6.70. The lowest BCUT2D eigenvalue weighted by atomic mass is 9.83. The van der Waals surface area contributed by atoms with E-state index in [4.69, 9.17) is 14.2 Å². The summed E-state index contributed by atoms with van der Waals surface area (Å²) in [7, 11) is 4.59. The summed E-state index contributed by atoms with van der Waals surface area (Å²) >= 11 is 0. The first-order chi connectivity index (χ1) is 16.4. The number of piperazine rings is 1. The van der Waals surface area contributed by atoms with E-state index in [1.165, 1.54) is 32.6 Å². The second-order valence-corrected chi connectivity index (χ2v) is 8.46. The van der Waals surface area contributed by atoms with Crippen molar-refractivity contribution in [2.75, 3.05) is 34.4 Å². The number of benzene rings is 2. The second-order valence-electron chi connectivity index (χ2n) is 8.46. The maximum absolute atomic E-state index is 13.8. The average Bonchev–Trinajstić information content (AvgIpc) is 3.24. The Labute approximate surface area is 196 Å². The molecule has 34 heavy (non-hydrogen) atoms. The Hall–Kier alpha value is -4.01. The van der Waals surface area contributed by atoms with Gasteiger partial charge in [-0.1, -0.05) is 18.2 Å². The summed E-state index contributed by atoms with van der Waals surface area (Å²) in [6, 6.07) is 11.4. The number of nitrogens with zero attached hydrogens (tertiary/aromatic N) is 3. The highest BCUT2D eigenvalue weighted by Crippen LogP contribution is 2.42. The molecule has 0 unspecified atom stereocenters. The zero-order chi connectivity index (χ0) is 24.0. The predicted octanol–water partition coefficient (Wildman–Crippen LogP) is 2.67. The summed E-state index contributed by atoms with van der Waals surface area (Å²) in [5.74, 6) is 0.995. The minimum atomic E-state index is -1.16. The lowest BCUT2D eigenvalue weighted by molar-refractivity contribution is -0.165. The summed E-state index contributed by atoms with van der Waals surface area (Å²) in [6.07, 6.45) is 2.21. The van der Waals surface area contributed by atoms with Gasteiger partial charge in [-0.15, -0.1) is 0 Å². The highest BCUT2D eigenvalue weighted by atomic mass is 16.5. The fourth-order valence-electron chi connectivity index (χ4n) is 5.00. The number of hydrogen-bond acceptors (Lipinski definition) is 6. The lowest BCUT2D eigenvalue weighted by Gasteiger charge is -2.48. The number of hydrazone groups is 1. The molecule has 0 radical (unpaired) electrons. The number of methoxy groups -OCH3 is 3. The van der Waals surface area contributed by atoms with Crippen molar-refractivity contribution in [3.63, 3.8) is 0 Å². The molecular weight excluding hydrogens is 436 g/mol. The van der Waals surface area contributed by atoms with Crippen molar-refractivity contribution in [1.82, 2.24) is 14.9 Å². The molecule has 2 aromatic carbocycles. The zero-order valence-electron chi connectivity index (χ0n) is 19.5. The Morgan fingerprint density at radius 2 is 1.76 bits per heavy atom. The fourth-order valence-corrected chi connectivity index (χ4v) is 5.00. The summed E-state index contributed by atoms with van der Waals surface area (Å²) in [6.45, 7) is 2.16. The fraction of sp³-hybridized carbons (Fsp3) is 0.320. The molecule has 9 nitrogen and oxygen atoms in total. The highest BCUT2D eigenvalue weighted by molar-refractivity contribution is 6.01. The summed E-state index contributed by atoms with van der Waals surface area (Å²) in [4.78, 5) is 31.9. The number of rotatable bonds is 5. The number of amides is 2. The molecule has 1 aromatic heterocycles. The third-order valence-corrected chi connectivity index (χ3v) is 6.70. The van der Waals surface area contributed by atoms with Crippen LogP contribution in [0.4, 0.5) is 0 Å². The smallest absolute Gasteiger partial charge is 0.275 e. The molecule has 1 saturated heterocycles. The van der Waals surface area contributed by atoms with E-state index >= 15 is 0 Å². The number of carbonyl (C=O) groups is 2. The van der Waals surface area contributed by atoms with Crippen LogP contribution in [0.2, 0.25) is 0 Å². The van der Waals surface area contributed by atoms with E-state index in [0.29, 0.717) is 35.8 Å². The van der Waals surface area contributed by atoms with Gasteiger partial charge < -0.3 is 24.1 Å². The van der Waals surface area contributed by atoms with Crippen LogP contribution in [0, 0.1) is 0 Å². The second kappa shape index (κ2) is 8.09. The van der Waals surface area contributed by atoms with Gasteiger partial charge in [0.25, 0.3) is 5.91 Å². The van der Waals surface area contributed by atoms with Crippen molar-refractivity contribution in [1.29, 1.82) is 0 Å². The van der Waals surface area contributed by atoms with Crippen molar-refractivity contribution in [3.8, 4) is 17.2 Å². The SMILES string of the molecule is COc1cc(C=NN2CC(=O)N3CCc4c([nH]c5ccccc45)[C@]3(C)C2=O)cc(OC)c1OC. The first-order valence-corrected chi connectivity index (χ1v) is 11.0. The molecule has 0 spiro atoms. The van der Waals surface area contributed by atoms with Gasteiger partial charge in [0, 0.05) is 23.0 Å². The summed E-state index contributed by atoms with van der Waals surface area (Å²) in [5.41, 5.74) is 2.26. The Bertz CT molecular complexity index is 1310. The van der Waals surface area contributed by atoms with E-state index in [1.54, 1.807) is 24.0 Å². The number of aromatic nitrogens is 1. The lowest BCUT2D eigenvalue weighted by Crippen LogP contribution is -2.65. The maximum atomic E-state index is 13.8. The Morgan fingerprint density at radius 3 is 2.44 bits per heavy atom. The van der Waals surface area contributed by atoms with Crippen LogP contribution in [0.3, 0.4) is 0 Å². The van der Waals surface area contributed by atoms with E-state index in [1.807, 2.05) is 24.3 Å². The molecule has 9 heteroatoms. The molecule has 2 amide bonds. The highest BCUT2D eigenvalue weighted by Gasteiger charge is 2.54. The number of H-pyrrole nitrogens is 1. The van der Waals surface area contributed by atoms with Crippen LogP contribution in [-0.4, -0.2) is 67.3 Å². The molecule has 1 fully saturated rings. The minimum Gasteiger partial charge on any atom is -0.493 e. The number of fused-ring (bicyclic) bond motifs is 5. The van der Waals surface area contributed by atoms with Crippen LogP contribution in [0.15, 0.2) is 41.5 Å². The molecule has 1 atom stereocenters. The van der Waals surface area contributed by atoms with E-state index in [2.05, 4.69) is 10.1 Å². The van der Waals surface area contributed by atoms with Gasteiger partial charge in [-0.05, 0) is 37.1 Å². The molecule has 176 valence electrons. The largest absolute Gasteiger partial charge is 0.493 e. The molecule has 5 rings (SSSR count). The zero-order valence-corrected chi connectivity index (χ0v) is 19.5. The molecule has 0 saturated carbocycles. The van der Waals surface area contributed by atoms with Gasteiger partial charge in [-0.3, -0.25) is 9.59 Å². The number of hydrogen-bond donors (Lipinski definition) is 1. The third kappa shape index (κ3) is 3.11. The van der Waals surface area contributed by atoms with E-state index in [0.717, 1.165) is 22.2 Å². The Balaban J connectivity index is 1.53. The minimum absolute atomic E-state index is 0.120.